The maximum Gasteiger partial charge on any atom is 0.338 e. The van der Waals surface area contributed by atoms with E-state index >= 15 is 0 Å². The summed E-state index contributed by atoms with van der Waals surface area (Å²) in [5, 5.41) is 0. The molecule has 0 bridgehead atoms. The lowest BCUT2D eigenvalue weighted by atomic mass is 10.0. The Hall–Kier alpha value is -1.38. The van der Waals surface area contributed by atoms with Crippen LogP contribution < -0.4 is 0 Å². The third-order valence-corrected chi connectivity index (χ3v) is 2.65. The number of pyridine rings is 1. The lowest BCUT2D eigenvalue weighted by molar-refractivity contribution is 0.0524. The lowest BCUT2D eigenvalue weighted by Gasteiger charge is -2.12. The molecule has 0 N–H and O–H groups in total. The maximum absolute atomic E-state index is 11.7. The fraction of sp³-hybridized carbons (Fsp3) is 0.500. The quantitative estimate of drug-likeness (QED) is 0.699. The van der Waals surface area contributed by atoms with Crippen molar-refractivity contribution in [2.75, 3.05) is 6.61 Å². The van der Waals surface area contributed by atoms with Crippen LogP contribution in [0, 0.1) is 27.7 Å². The number of ether oxygens (including phenoxy) is 1. The van der Waals surface area contributed by atoms with E-state index in [0.717, 1.165) is 22.5 Å². The van der Waals surface area contributed by atoms with Gasteiger partial charge in [-0.25, -0.2) is 4.79 Å². The fourth-order valence-electron chi connectivity index (χ4n) is 1.57. The molecule has 0 aliphatic heterocycles. The van der Waals surface area contributed by atoms with Crippen molar-refractivity contribution in [3.05, 3.63) is 28.1 Å². The van der Waals surface area contributed by atoms with Gasteiger partial charge < -0.3 is 4.74 Å². The van der Waals surface area contributed by atoms with Gasteiger partial charge in [0.2, 0.25) is 0 Å². The summed E-state index contributed by atoms with van der Waals surface area (Å²) >= 11 is 0. The Bertz CT molecular complexity index is 371. The monoisotopic (exact) mass is 207 g/mol. The highest BCUT2D eigenvalue weighted by atomic mass is 16.5. The SMILES string of the molecule is CCOC(=O)c1c(C)c(C)nc(C)c1C. The summed E-state index contributed by atoms with van der Waals surface area (Å²) in [5.41, 5.74) is 4.28. The van der Waals surface area contributed by atoms with Crippen LogP contribution in [0.25, 0.3) is 0 Å². The molecule has 0 aliphatic rings. The Balaban J connectivity index is 3.32. The van der Waals surface area contributed by atoms with Gasteiger partial charge >= 0.3 is 5.97 Å². The van der Waals surface area contributed by atoms with E-state index < -0.39 is 0 Å². The predicted molar refractivity (Wildman–Crippen MR) is 59.1 cm³/mol. The molecule has 0 amide bonds. The number of hydrogen-bond donors (Lipinski definition) is 0. The fourth-order valence-corrected chi connectivity index (χ4v) is 1.57. The molecule has 0 radical (unpaired) electrons. The molecule has 0 saturated carbocycles. The molecule has 0 aromatic carbocycles. The molecule has 0 fully saturated rings. The molecule has 0 unspecified atom stereocenters. The molecule has 1 aromatic heterocycles. The van der Waals surface area contributed by atoms with Crippen molar-refractivity contribution < 1.29 is 9.53 Å². The smallest absolute Gasteiger partial charge is 0.338 e. The second-order valence-corrected chi connectivity index (χ2v) is 3.63. The number of nitrogens with zero attached hydrogens (tertiary/aromatic N) is 1. The first-order valence-corrected chi connectivity index (χ1v) is 5.10. The zero-order valence-corrected chi connectivity index (χ0v) is 9.97. The summed E-state index contributed by atoms with van der Waals surface area (Å²) in [6.07, 6.45) is 0. The van der Waals surface area contributed by atoms with E-state index in [-0.39, 0.29) is 5.97 Å². The molecule has 3 nitrogen and oxygen atoms in total. The summed E-state index contributed by atoms with van der Waals surface area (Å²) in [6, 6.07) is 0. The first-order valence-electron chi connectivity index (χ1n) is 5.10. The predicted octanol–water partition coefficient (Wildman–Crippen LogP) is 2.49. The minimum atomic E-state index is -0.249. The number of aromatic nitrogens is 1. The van der Waals surface area contributed by atoms with Crippen LogP contribution in [0.1, 0.15) is 39.8 Å². The highest BCUT2D eigenvalue weighted by Gasteiger charge is 2.17. The highest BCUT2D eigenvalue weighted by Crippen LogP contribution is 2.19. The van der Waals surface area contributed by atoms with Crippen LogP contribution in [0.2, 0.25) is 0 Å². The third-order valence-electron chi connectivity index (χ3n) is 2.65. The number of rotatable bonds is 2. The van der Waals surface area contributed by atoms with Gasteiger partial charge in [-0.1, -0.05) is 0 Å². The number of aryl methyl sites for hydroxylation is 2. The average molecular weight is 207 g/mol. The minimum absolute atomic E-state index is 0.249. The number of hydrogen-bond acceptors (Lipinski definition) is 3. The van der Waals surface area contributed by atoms with Gasteiger partial charge in [0.25, 0.3) is 0 Å². The molecular weight excluding hydrogens is 190 g/mol. The molecular formula is C12H17NO2. The standard InChI is InChI=1S/C12H17NO2/c1-6-15-12(14)11-7(2)9(4)13-10(5)8(11)3/h6H2,1-5H3. The van der Waals surface area contributed by atoms with Crippen LogP contribution in [-0.4, -0.2) is 17.6 Å². The van der Waals surface area contributed by atoms with Crippen molar-refractivity contribution in [2.45, 2.75) is 34.6 Å². The Labute approximate surface area is 90.5 Å². The van der Waals surface area contributed by atoms with E-state index in [1.807, 2.05) is 34.6 Å². The molecule has 0 saturated heterocycles. The van der Waals surface area contributed by atoms with Gasteiger partial charge in [-0.15, -0.1) is 0 Å². The van der Waals surface area contributed by atoms with Gasteiger partial charge in [-0.3, -0.25) is 4.98 Å². The van der Waals surface area contributed by atoms with E-state index in [1.165, 1.54) is 0 Å². The van der Waals surface area contributed by atoms with Crippen LogP contribution in [0.15, 0.2) is 0 Å². The zero-order valence-electron chi connectivity index (χ0n) is 9.97. The molecule has 82 valence electrons. The average Bonchev–Trinajstić information content (AvgIpc) is 2.16. The summed E-state index contributed by atoms with van der Waals surface area (Å²) in [7, 11) is 0. The van der Waals surface area contributed by atoms with Crippen molar-refractivity contribution in [3.63, 3.8) is 0 Å². The molecule has 0 aliphatic carbocycles. The van der Waals surface area contributed by atoms with Gasteiger partial charge in [0.1, 0.15) is 0 Å². The van der Waals surface area contributed by atoms with Crippen LogP contribution in [0.3, 0.4) is 0 Å². The Morgan fingerprint density at radius 3 is 2.00 bits per heavy atom. The molecule has 1 rings (SSSR count). The zero-order chi connectivity index (χ0) is 11.6. The summed E-state index contributed by atoms with van der Waals surface area (Å²) < 4.78 is 5.03. The van der Waals surface area contributed by atoms with E-state index in [4.69, 9.17) is 4.74 Å². The normalized spacial score (nSPS) is 10.2. The van der Waals surface area contributed by atoms with Crippen molar-refractivity contribution >= 4 is 5.97 Å². The molecule has 0 spiro atoms. The molecule has 0 atom stereocenters. The molecule has 15 heavy (non-hydrogen) atoms. The van der Waals surface area contributed by atoms with E-state index in [2.05, 4.69) is 4.98 Å². The maximum atomic E-state index is 11.7. The van der Waals surface area contributed by atoms with Gasteiger partial charge in [-0.05, 0) is 45.7 Å². The van der Waals surface area contributed by atoms with Crippen LogP contribution in [0.4, 0.5) is 0 Å². The highest BCUT2D eigenvalue weighted by molar-refractivity contribution is 5.93. The van der Waals surface area contributed by atoms with Crippen molar-refractivity contribution in [3.8, 4) is 0 Å². The number of esters is 1. The molecule has 1 aromatic rings. The first kappa shape index (κ1) is 11.7. The largest absolute Gasteiger partial charge is 0.462 e. The van der Waals surface area contributed by atoms with Crippen LogP contribution in [0.5, 0.6) is 0 Å². The second-order valence-electron chi connectivity index (χ2n) is 3.63. The lowest BCUT2D eigenvalue weighted by Crippen LogP contribution is -2.12. The minimum Gasteiger partial charge on any atom is -0.462 e. The van der Waals surface area contributed by atoms with Crippen molar-refractivity contribution in [1.82, 2.24) is 4.98 Å². The molecule has 3 heteroatoms. The van der Waals surface area contributed by atoms with Gasteiger partial charge in [0.15, 0.2) is 0 Å². The Morgan fingerprint density at radius 2 is 1.60 bits per heavy atom. The van der Waals surface area contributed by atoms with Gasteiger partial charge in [-0.2, -0.15) is 0 Å². The van der Waals surface area contributed by atoms with Crippen molar-refractivity contribution in [1.29, 1.82) is 0 Å². The van der Waals surface area contributed by atoms with Crippen LogP contribution >= 0.6 is 0 Å². The topological polar surface area (TPSA) is 39.2 Å². The molecule has 1 heterocycles. The first-order chi connectivity index (χ1) is 6.99. The summed E-state index contributed by atoms with van der Waals surface area (Å²) in [4.78, 5) is 16.1. The van der Waals surface area contributed by atoms with Gasteiger partial charge in [0.05, 0.1) is 12.2 Å². The Kier molecular flexibility index (Phi) is 3.45. The van der Waals surface area contributed by atoms with Crippen molar-refractivity contribution in [2.24, 2.45) is 0 Å². The second kappa shape index (κ2) is 4.43. The van der Waals surface area contributed by atoms with Gasteiger partial charge in [0, 0.05) is 11.4 Å². The summed E-state index contributed by atoms with van der Waals surface area (Å²) in [6.45, 7) is 9.83. The Morgan fingerprint density at radius 1 is 1.13 bits per heavy atom. The van der Waals surface area contributed by atoms with E-state index in [0.29, 0.717) is 12.2 Å². The van der Waals surface area contributed by atoms with E-state index in [1.54, 1.807) is 0 Å². The summed E-state index contributed by atoms with van der Waals surface area (Å²) in [5.74, 6) is -0.249. The third kappa shape index (κ3) is 2.17. The number of carbonyl (C=O) groups excluding carboxylic acids is 1. The van der Waals surface area contributed by atoms with Crippen LogP contribution in [-0.2, 0) is 4.74 Å². The number of carbonyl (C=O) groups is 1. The van der Waals surface area contributed by atoms with E-state index in [9.17, 15) is 4.79 Å².